The van der Waals surface area contributed by atoms with Crippen LogP contribution in [0.4, 0.5) is 17.5 Å². The number of hydrogen-bond acceptors (Lipinski definition) is 6. The number of anilines is 3. The van der Waals surface area contributed by atoms with E-state index in [0.29, 0.717) is 23.9 Å². The summed E-state index contributed by atoms with van der Waals surface area (Å²) in [7, 11) is 0. The van der Waals surface area contributed by atoms with Gasteiger partial charge in [-0.2, -0.15) is 10.1 Å². The number of nitrogens with zero attached hydrogens (tertiary/aromatic N) is 4. The van der Waals surface area contributed by atoms with Crippen LogP contribution in [0.5, 0.6) is 0 Å². The Hall–Kier alpha value is -3.48. The summed E-state index contributed by atoms with van der Waals surface area (Å²) in [4.78, 5) is 19.6. The van der Waals surface area contributed by atoms with Crippen molar-refractivity contribution < 1.29 is 4.79 Å². The van der Waals surface area contributed by atoms with Crippen molar-refractivity contribution >= 4 is 23.4 Å². The molecule has 0 saturated carbocycles. The summed E-state index contributed by atoms with van der Waals surface area (Å²) in [5, 5.41) is 14.9. The monoisotopic (exact) mass is 444 g/mol. The van der Waals surface area contributed by atoms with E-state index in [1.54, 1.807) is 6.20 Å². The Kier molecular flexibility index (Phi) is 6.58. The maximum atomic E-state index is 12.8. The first-order valence-corrected chi connectivity index (χ1v) is 11.5. The van der Waals surface area contributed by atoms with Gasteiger partial charge in [0.1, 0.15) is 0 Å². The molecule has 2 N–H and O–H groups in total. The Bertz CT molecular complexity index is 1110. The van der Waals surface area contributed by atoms with Gasteiger partial charge in [-0.3, -0.25) is 4.79 Å². The van der Waals surface area contributed by atoms with Gasteiger partial charge in [-0.1, -0.05) is 51.1 Å². The van der Waals surface area contributed by atoms with Crippen LogP contribution in [0.1, 0.15) is 55.1 Å². The lowest BCUT2D eigenvalue weighted by molar-refractivity contribution is 0.0933. The summed E-state index contributed by atoms with van der Waals surface area (Å²) in [5.74, 6) is 1.18. The van der Waals surface area contributed by atoms with Crippen LogP contribution in [0.3, 0.4) is 0 Å². The van der Waals surface area contributed by atoms with E-state index in [-0.39, 0.29) is 17.4 Å². The van der Waals surface area contributed by atoms with Crippen LogP contribution in [0.25, 0.3) is 0 Å². The summed E-state index contributed by atoms with van der Waals surface area (Å²) in [6.07, 6.45) is 3.50. The van der Waals surface area contributed by atoms with Gasteiger partial charge in [0.05, 0.1) is 6.20 Å². The largest absolute Gasteiger partial charge is 0.348 e. The lowest BCUT2D eigenvalue weighted by Crippen LogP contribution is -2.48. The Balaban J connectivity index is 1.40. The Morgan fingerprint density at radius 3 is 2.58 bits per heavy atom. The molecule has 1 amide bonds. The Morgan fingerprint density at radius 2 is 1.85 bits per heavy atom. The number of rotatable bonds is 5. The van der Waals surface area contributed by atoms with Crippen LogP contribution < -0.4 is 15.5 Å². The van der Waals surface area contributed by atoms with Gasteiger partial charge in [0.25, 0.3) is 5.91 Å². The van der Waals surface area contributed by atoms with Crippen molar-refractivity contribution in [2.45, 2.75) is 52.0 Å². The molecular formula is C26H32N6O. The number of hydrogen-bond donors (Lipinski definition) is 2. The lowest BCUT2D eigenvalue weighted by Gasteiger charge is -2.33. The number of para-hydroxylation sites is 1. The second-order valence-corrected chi connectivity index (χ2v) is 9.67. The van der Waals surface area contributed by atoms with Gasteiger partial charge < -0.3 is 15.5 Å². The highest BCUT2D eigenvalue weighted by Crippen LogP contribution is 2.23. The lowest BCUT2D eigenvalue weighted by atomic mass is 9.86. The van der Waals surface area contributed by atoms with E-state index in [9.17, 15) is 4.79 Å². The van der Waals surface area contributed by atoms with Crippen molar-refractivity contribution in [3.05, 3.63) is 71.4 Å². The fourth-order valence-corrected chi connectivity index (χ4v) is 4.01. The number of nitrogens with one attached hydrogen (secondary N) is 2. The highest BCUT2D eigenvalue weighted by atomic mass is 16.1. The molecule has 7 heteroatoms. The minimum atomic E-state index is -0.0451. The number of carbonyl (C=O) groups excluding carboxylic acids is 1. The van der Waals surface area contributed by atoms with Crippen LogP contribution in [0, 0.1) is 6.92 Å². The quantitative estimate of drug-likeness (QED) is 0.598. The molecule has 1 aliphatic rings. The maximum Gasteiger partial charge on any atom is 0.251 e. The molecule has 4 rings (SSSR count). The van der Waals surface area contributed by atoms with E-state index in [1.165, 1.54) is 5.56 Å². The number of benzene rings is 2. The zero-order chi connectivity index (χ0) is 23.4. The molecule has 0 radical (unpaired) electrons. The number of aromatic nitrogens is 3. The highest BCUT2D eigenvalue weighted by molar-refractivity contribution is 5.94. The summed E-state index contributed by atoms with van der Waals surface area (Å²) in [5.41, 5.74) is 4.09. The maximum absolute atomic E-state index is 12.8. The normalized spacial score (nSPS) is 16.4. The molecule has 2 aromatic carbocycles. The van der Waals surface area contributed by atoms with Crippen LogP contribution in [0.2, 0.25) is 0 Å². The highest BCUT2D eigenvalue weighted by Gasteiger charge is 2.24. The summed E-state index contributed by atoms with van der Waals surface area (Å²) >= 11 is 0. The smallest absolute Gasteiger partial charge is 0.251 e. The van der Waals surface area contributed by atoms with Crippen molar-refractivity contribution in [2.75, 3.05) is 23.3 Å². The SMILES string of the molecule is Cc1ccccc1Nc1cnnc(N2CCC[C@@H](NC(=O)c3ccc(C(C)(C)C)cc3)C2)n1. The number of carbonyl (C=O) groups is 1. The first-order valence-electron chi connectivity index (χ1n) is 11.5. The van der Waals surface area contributed by atoms with E-state index in [4.69, 9.17) is 0 Å². The third-order valence-electron chi connectivity index (χ3n) is 6.01. The number of aryl methyl sites for hydroxylation is 1. The fourth-order valence-electron chi connectivity index (χ4n) is 4.01. The molecule has 172 valence electrons. The number of piperidine rings is 1. The first-order chi connectivity index (χ1) is 15.8. The minimum Gasteiger partial charge on any atom is -0.348 e. The molecule has 0 aliphatic carbocycles. The Morgan fingerprint density at radius 1 is 1.09 bits per heavy atom. The van der Waals surface area contributed by atoms with Crippen molar-refractivity contribution in [2.24, 2.45) is 0 Å². The van der Waals surface area contributed by atoms with Gasteiger partial charge in [0.2, 0.25) is 5.95 Å². The molecule has 1 atom stereocenters. The van der Waals surface area contributed by atoms with E-state index >= 15 is 0 Å². The van der Waals surface area contributed by atoms with E-state index < -0.39 is 0 Å². The molecule has 33 heavy (non-hydrogen) atoms. The van der Waals surface area contributed by atoms with E-state index in [0.717, 1.165) is 30.6 Å². The predicted molar refractivity (Wildman–Crippen MR) is 132 cm³/mol. The molecule has 0 unspecified atom stereocenters. The van der Waals surface area contributed by atoms with E-state index in [2.05, 4.69) is 51.5 Å². The molecule has 1 fully saturated rings. The predicted octanol–water partition coefficient (Wildman–Crippen LogP) is 4.62. The summed E-state index contributed by atoms with van der Waals surface area (Å²) in [6.45, 7) is 10.0. The van der Waals surface area contributed by atoms with Gasteiger partial charge in [-0.15, -0.1) is 5.10 Å². The average molecular weight is 445 g/mol. The Labute approximate surface area is 195 Å². The second kappa shape index (κ2) is 9.57. The van der Waals surface area contributed by atoms with Crippen LogP contribution in [-0.2, 0) is 5.41 Å². The average Bonchev–Trinajstić information content (AvgIpc) is 2.80. The summed E-state index contributed by atoms with van der Waals surface area (Å²) < 4.78 is 0. The summed E-state index contributed by atoms with van der Waals surface area (Å²) in [6, 6.07) is 16.0. The number of amides is 1. The molecule has 0 spiro atoms. The first kappa shape index (κ1) is 22.7. The van der Waals surface area contributed by atoms with Crippen molar-refractivity contribution in [1.82, 2.24) is 20.5 Å². The van der Waals surface area contributed by atoms with Gasteiger partial charge in [0, 0.05) is 30.4 Å². The standard InChI is InChI=1S/C26H32N6O/c1-18-8-5-6-10-22(18)29-23-16-27-31-25(30-23)32-15-7-9-21(17-32)28-24(33)19-11-13-20(14-12-19)26(2,3)4/h5-6,8,10-14,16,21H,7,9,15,17H2,1-4H3,(H,28,33)(H,29,30,31)/t21-/m1/s1. The van der Waals surface area contributed by atoms with Crippen molar-refractivity contribution in [1.29, 1.82) is 0 Å². The topological polar surface area (TPSA) is 83.0 Å². The zero-order valence-electron chi connectivity index (χ0n) is 19.8. The minimum absolute atomic E-state index is 0.0325. The molecule has 1 saturated heterocycles. The zero-order valence-corrected chi connectivity index (χ0v) is 19.8. The molecule has 0 bridgehead atoms. The van der Waals surface area contributed by atoms with Crippen LogP contribution in [0.15, 0.2) is 54.7 Å². The molecule has 1 aliphatic heterocycles. The van der Waals surface area contributed by atoms with Gasteiger partial charge >= 0.3 is 0 Å². The second-order valence-electron chi connectivity index (χ2n) is 9.67. The molecule has 7 nitrogen and oxygen atoms in total. The molecule has 3 aromatic rings. The van der Waals surface area contributed by atoms with Gasteiger partial charge in [-0.25, -0.2) is 0 Å². The van der Waals surface area contributed by atoms with Crippen LogP contribution in [-0.4, -0.2) is 40.2 Å². The van der Waals surface area contributed by atoms with E-state index in [1.807, 2.05) is 55.5 Å². The molecule has 1 aromatic heterocycles. The molecular weight excluding hydrogens is 412 g/mol. The van der Waals surface area contributed by atoms with Gasteiger partial charge in [-0.05, 0) is 54.5 Å². The third kappa shape index (κ3) is 5.66. The molecule has 2 heterocycles. The van der Waals surface area contributed by atoms with Crippen LogP contribution >= 0.6 is 0 Å². The van der Waals surface area contributed by atoms with Crippen molar-refractivity contribution in [3.63, 3.8) is 0 Å². The van der Waals surface area contributed by atoms with Crippen molar-refractivity contribution in [3.8, 4) is 0 Å². The van der Waals surface area contributed by atoms with Gasteiger partial charge in [0.15, 0.2) is 5.82 Å². The fraction of sp³-hybridized carbons (Fsp3) is 0.385. The third-order valence-corrected chi connectivity index (χ3v) is 6.01.